The quantitative estimate of drug-likeness (QED) is 0.417. The number of thiazole rings is 1. The normalized spacial score (nSPS) is 12.1. The first kappa shape index (κ1) is 19.1. The van der Waals surface area contributed by atoms with E-state index in [1.807, 2.05) is 23.2 Å². The third kappa shape index (κ3) is 3.84. The van der Waals surface area contributed by atoms with E-state index in [-0.39, 0.29) is 0 Å². The Morgan fingerprint density at radius 3 is 2.65 bits per heavy atom. The van der Waals surface area contributed by atoms with Crippen molar-refractivity contribution in [3.63, 3.8) is 0 Å². The zero-order valence-electron chi connectivity index (χ0n) is 16.4. The average molecular weight is 390 g/mol. The van der Waals surface area contributed by atoms with E-state index in [4.69, 9.17) is 14.6 Å². The molecule has 1 aromatic carbocycles. The summed E-state index contributed by atoms with van der Waals surface area (Å²) in [6.07, 6.45) is 0. The van der Waals surface area contributed by atoms with Crippen molar-refractivity contribution in [3.8, 4) is 16.9 Å². The zero-order chi connectivity index (χ0) is 18.9. The van der Waals surface area contributed by atoms with E-state index in [1.54, 1.807) is 18.4 Å². The van der Waals surface area contributed by atoms with E-state index in [9.17, 15) is 0 Å². The molecule has 0 atom stereocenters. The lowest BCUT2D eigenvalue weighted by Gasteiger charge is -2.15. The Hall–Kier alpha value is -1.70. The number of fused-ring (bicyclic) bond motifs is 1. The number of aryl methyl sites for hydroxylation is 1. The van der Waals surface area contributed by atoms with Crippen molar-refractivity contribution in [1.82, 2.24) is 14.8 Å². The largest absolute Gasteiger partial charge is 0.495 e. The van der Waals surface area contributed by atoms with Crippen LogP contribution in [0.5, 0.6) is 5.75 Å². The Morgan fingerprint density at radius 2 is 1.96 bits per heavy atom. The van der Waals surface area contributed by atoms with Gasteiger partial charge in [0, 0.05) is 31.5 Å². The van der Waals surface area contributed by atoms with Gasteiger partial charge in [0.2, 0.25) is 0 Å². The van der Waals surface area contributed by atoms with Crippen LogP contribution in [0.3, 0.4) is 0 Å². The molecule has 0 saturated carbocycles. The maximum absolute atomic E-state index is 5.89. The van der Waals surface area contributed by atoms with Crippen LogP contribution in [-0.2, 0) is 11.5 Å². The molecule has 3 rings (SSSR count). The van der Waals surface area contributed by atoms with Gasteiger partial charge < -0.3 is 9.47 Å². The van der Waals surface area contributed by atoms with Crippen LogP contribution in [0.25, 0.3) is 21.3 Å². The van der Waals surface area contributed by atoms with Gasteiger partial charge in [-0.05, 0) is 32.0 Å². The number of hydrogen-bond acceptors (Lipinski definition) is 5. The van der Waals surface area contributed by atoms with Crippen LogP contribution in [0, 0.1) is 13.8 Å². The van der Waals surface area contributed by atoms with E-state index in [1.165, 1.54) is 0 Å². The molecule has 0 spiro atoms. The molecule has 140 valence electrons. The van der Waals surface area contributed by atoms with Gasteiger partial charge in [0.1, 0.15) is 12.5 Å². The number of hydrogen-bond donors (Lipinski definition) is 0. The molecule has 0 bridgehead atoms. The highest BCUT2D eigenvalue weighted by molar-refractivity contribution is 7.17. The van der Waals surface area contributed by atoms with E-state index < -0.39 is 8.07 Å². The molecule has 7 heteroatoms. The topological polar surface area (TPSA) is 49.2 Å². The van der Waals surface area contributed by atoms with Crippen LogP contribution >= 0.6 is 11.3 Å². The van der Waals surface area contributed by atoms with Gasteiger partial charge in [0.25, 0.3) is 0 Å². The van der Waals surface area contributed by atoms with E-state index in [0.717, 1.165) is 51.1 Å². The summed E-state index contributed by atoms with van der Waals surface area (Å²) in [5, 5.41) is 4.70. The minimum atomic E-state index is -1.07. The van der Waals surface area contributed by atoms with Crippen molar-refractivity contribution in [3.05, 3.63) is 29.0 Å². The number of benzene rings is 1. The first-order valence-corrected chi connectivity index (χ1v) is 13.4. The first-order chi connectivity index (χ1) is 12.3. The molecule has 5 nitrogen and oxygen atoms in total. The standard InChI is InChI=1S/C19H27N3O2SSi/c1-13-17(14(2)22(21-13)12-24-9-10-26(4,5)6)15-7-8-16(23-3)19-18(15)20-11-25-19/h7-8,11H,9-10,12H2,1-6H3. The second-order valence-corrected chi connectivity index (χ2v) is 14.2. The molecule has 0 aliphatic rings. The molecule has 0 aliphatic heterocycles. The monoisotopic (exact) mass is 389 g/mol. The van der Waals surface area contributed by atoms with Gasteiger partial charge in [-0.2, -0.15) is 5.10 Å². The number of ether oxygens (including phenoxy) is 2. The molecule has 0 amide bonds. The van der Waals surface area contributed by atoms with Gasteiger partial charge in [-0.15, -0.1) is 11.3 Å². The molecule has 0 aliphatic carbocycles. The minimum absolute atomic E-state index is 0.494. The molecule has 2 aromatic heterocycles. The Labute approximate surface area is 160 Å². The Balaban J connectivity index is 1.88. The molecule has 0 saturated heterocycles. The van der Waals surface area contributed by atoms with Gasteiger partial charge >= 0.3 is 0 Å². The summed E-state index contributed by atoms with van der Waals surface area (Å²) in [6, 6.07) is 5.25. The van der Waals surface area contributed by atoms with Crippen molar-refractivity contribution in [2.75, 3.05) is 13.7 Å². The van der Waals surface area contributed by atoms with Crippen LogP contribution in [0.15, 0.2) is 17.6 Å². The molecule has 0 N–H and O–H groups in total. The van der Waals surface area contributed by atoms with E-state index in [0.29, 0.717) is 6.73 Å². The number of nitrogens with zero attached hydrogens (tertiary/aromatic N) is 3. The van der Waals surface area contributed by atoms with Crippen LogP contribution in [0.4, 0.5) is 0 Å². The van der Waals surface area contributed by atoms with Crippen LogP contribution in [-0.4, -0.2) is 36.6 Å². The summed E-state index contributed by atoms with van der Waals surface area (Å²) < 4.78 is 14.4. The fourth-order valence-corrected chi connectivity index (χ4v) is 4.59. The SMILES string of the molecule is COc1ccc(-c2c(C)nn(COCC[Si](C)(C)C)c2C)c2ncsc12. The van der Waals surface area contributed by atoms with Crippen molar-refractivity contribution in [2.45, 2.75) is 46.3 Å². The first-order valence-electron chi connectivity index (χ1n) is 8.84. The van der Waals surface area contributed by atoms with Crippen molar-refractivity contribution >= 4 is 29.6 Å². The maximum atomic E-state index is 5.89. The van der Waals surface area contributed by atoms with E-state index in [2.05, 4.69) is 37.6 Å². The highest BCUT2D eigenvalue weighted by Crippen LogP contribution is 2.38. The highest BCUT2D eigenvalue weighted by Gasteiger charge is 2.19. The van der Waals surface area contributed by atoms with Gasteiger partial charge in [0.05, 0.1) is 28.5 Å². The summed E-state index contributed by atoms with van der Waals surface area (Å²) in [6.45, 7) is 12.5. The highest BCUT2D eigenvalue weighted by atomic mass is 32.1. The van der Waals surface area contributed by atoms with Crippen molar-refractivity contribution in [1.29, 1.82) is 0 Å². The van der Waals surface area contributed by atoms with Gasteiger partial charge in [-0.25, -0.2) is 9.67 Å². The molecule has 0 radical (unpaired) electrons. The van der Waals surface area contributed by atoms with E-state index >= 15 is 0 Å². The fraction of sp³-hybridized carbons (Fsp3) is 0.474. The van der Waals surface area contributed by atoms with Crippen molar-refractivity contribution in [2.24, 2.45) is 0 Å². The van der Waals surface area contributed by atoms with Gasteiger partial charge in [-0.1, -0.05) is 19.6 Å². The summed E-state index contributed by atoms with van der Waals surface area (Å²) in [7, 11) is 0.622. The van der Waals surface area contributed by atoms with Crippen molar-refractivity contribution < 1.29 is 9.47 Å². The lowest BCUT2D eigenvalue weighted by atomic mass is 10.0. The fourth-order valence-electron chi connectivity index (χ4n) is 3.03. The molecule has 0 fully saturated rings. The predicted octanol–water partition coefficient (Wildman–Crippen LogP) is 5.10. The third-order valence-corrected chi connectivity index (χ3v) is 7.07. The summed E-state index contributed by atoms with van der Waals surface area (Å²) in [4.78, 5) is 4.57. The minimum Gasteiger partial charge on any atom is -0.495 e. The zero-order valence-corrected chi connectivity index (χ0v) is 18.2. The van der Waals surface area contributed by atoms with Gasteiger partial charge in [0.15, 0.2) is 0 Å². The number of rotatable bonds is 7. The molecule has 0 unspecified atom stereocenters. The maximum Gasteiger partial charge on any atom is 0.139 e. The Morgan fingerprint density at radius 1 is 1.19 bits per heavy atom. The second-order valence-electron chi connectivity index (χ2n) is 7.74. The molecular formula is C19H27N3O2SSi. The Bertz CT molecular complexity index is 912. The summed E-state index contributed by atoms with van der Waals surface area (Å²) >= 11 is 1.60. The van der Waals surface area contributed by atoms with Crippen LogP contribution < -0.4 is 4.74 Å². The predicted molar refractivity (Wildman–Crippen MR) is 111 cm³/mol. The third-order valence-electron chi connectivity index (χ3n) is 4.53. The number of methoxy groups -OCH3 is 1. The van der Waals surface area contributed by atoms with Crippen LogP contribution in [0.2, 0.25) is 25.7 Å². The molecular weight excluding hydrogens is 362 g/mol. The molecule has 2 heterocycles. The van der Waals surface area contributed by atoms with Gasteiger partial charge in [-0.3, -0.25) is 0 Å². The smallest absolute Gasteiger partial charge is 0.139 e. The summed E-state index contributed by atoms with van der Waals surface area (Å²) in [5.74, 6) is 0.864. The van der Waals surface area contributed by atoms with Crippen LogP contribution in [0.1, 0.15) is 11.4 Å². The molecule has 3 aromatic rings. The average Bonchev–Trinajstić information content (AvgIpc) is 3.16. The lowest BCUT2D eigenvalue weighted by Crippen LogP contribution is -2.22. The lowest BCUT2D eigenvalue weighted by molar-refractivity contribution is 0.0770. The summed E-state index contributed by atoms with van der Waals surface area (Å²) in [5.41, 5.74) is 7.18. The molecule has 26 heavy (non-hydrogen) atoms. The second kappa shape index (κ2) is 7.50. The number of aromatic nitrogens is 3. The Kier molecular flexibility index (Phi) is 5.50.